The van der Waals surface area contributed by atoms with Gasteiger partial charge in [0, 0.05) is 17.9 Å². The van der Waals surface area contributed by atoms with Crippen molar-refractivity contribution in [1.82, 2.24) is 4.31 Å². The van der Waals surface area contributed by atoms with Gasteiger partial charge in [0.25, 0.3) is 0 Å². The van der Waals surface area contributed by atoms with Crippen LogP contribution in [0.4, 0.5) is 11.4 Å². The van der Waals surface area contributed by atoms with Crippen LogP contribution < -0.4 is 0 Å². The van der Waals surface area contributed by atoms with Gasteiger partial charge in [-0.3, -0.25) is 0 Å². The smallest absolute Gasteiger partial charge is 0.207 e. The van der Waals surface area contributed by atoms with Crippen LogP contribution in [0.2, 0.25) is 0 Å². The lowest BCUT2D eigenvalue weighted by Crippen LogP contribution is -2.38. The maximum absolute atomic E-state index is 12.9. The lowest BCUT2D eigenvalue weighted by atomic mass is 10.1. The Morgan fingerprint density at radius 3 is 3.00 bits per heavy atom. The van der Waals surface area contributed by atoms with E-state index in [0.717, 1.165) is 17.8 Å². The van der Waals surface area contributed by atoms with Crippen LogP contribution in [0.15, 0.2) is 31.8 Å². The van der Waals surface area contributed by atoms with Crippen molar-refractivity contribution in [2.75, 3.05) is 11.9 Å². The Hall–Kier alpha value is -0.570. The minimum absolute atomic E-state index is 0.00171. The van der Waals surface area contributed by atoms with Crippen molar-refractivity contribution >= 4 is 48.7 Å². The van der Waals surface area contributed by atoms with Crippen LogP contribution in [0, 0.1) is 5.92 Å². The molecule has 0 radical (unpaired) electrons. The number of rotatable bonds is 3. The molecule has 0 aromatic heterocycles. The molecule has 0 amide bonds. The molecule has 2 aliphatic heterocycles. The van der Waals surface area contributed by atoms with E-state index in [1.807, 2.05) is 0 Å². The number of halogens is 1. The van der Waals surface area contributed by atoms with Crippen LogP contribution in [-0.2, 0) is 21.4 Å². The van der Waals surface area contributed by atoms with Crippen LogP contribution in [-0.4, -0.2) is 30.6 Å². The van der Waals surface area contributed by atoms with E-state index in [-0.39, 0.29) is 10.9 Å². The largest absolute Gasteiger partial charge is 0.245 e. The topological polar surface area (TPSA) is 62.1 Å². The van der Waals surface area contributed by atoms with E-state index in [4.69, 9.17) is 0 Å². The highest BCUT2D eigenvalue weighted by molar-refractivity contribution is 9.09. The fourth-order valence-electron chi connectivity index (χ4n) is 2.62. The van der Waals surface area contributed by atoms with Gasteiger partial charge >= 0.3 is 0 Å². The third-order valence-electron chi connectivity index (χ3n) is 3.83. The van der Waals surface area contributed by atoms with Gasteiger partial charge in [-0.1, -0.05) is 28.9 Å². The van der Waals surface area contributed by atoms with Crippen LogP contribution in [0.3, 0.4) is 0 Å². The Morgan fingerprint density at radius 1 is 1.45 bits per heavy atom. The summed E-state index contributed by atoms with van der Waals surface area (Å²) >= 11 is 4.47. The van der Waals surface area contributed by atoms with Crippen LogP contribution >= 0.6 is 15.9 Å². The molecule has 8 heteroatoms. The normalized spacial score (nSPS) is 25.7. The lowest BCUT2D eigenvalue weighted by Gasteiger charge is -2.25. The molecule has 2 unspecified atom stereocenters. The fourth-order valence-corrected chi connectivity index (χ4v) is 6.29. The van der Waals surface area contributed by atoms with Crippen LogP contribution in [0.25, 0.3) is 0 Å². The quantitative estimate of drug-likeness (QED) is 0.773. The summed E-state index contributed by atoms with van der Waals surface area (Å²) in [4.78, 5) is 0.267. The van der Waals surface area contributed by atoms with Gasteiger partial charge in [-0.15, -0.1) is 0 Å². The predicted octanol–water partition coefficient (Wildman–Crippen LogP) is 3.21. The summed E-state index contributed by atoms with van der Waals surface area (Å²) in [5, 5.41) is 0.651. The molecule has 0 spiro atoms. The molecule has 3 rings (SSSR count). The summed E-state index contributed by atoms with van der Waals surface area (Å²) in [6.07, 6.45) is 0.890. The van der Waals surface area contributed by atoms with Crippen molar-refractivity contribution in [3.63, 3.8) is 0 Å². The van der Waals surface area contributed by atoms with Crippen LogP contribution in [0.5, 0.6) is 0 Å². The number of nitrogens with zero attached hydrogens (tertiary/aromatic N) is 3. The standard InChI is InChI=1S/C12H14BrN3O2S2/c1-8-5-6-16(10(8)7-13)20(17,18)11-4-2-3-9-12(11)15-19-14-9/h2-4,8,10H,5-7H2,1H3. The second-order valence-electron chi connectivity index (χ2n) is 4.99. The van der Waals surface area contributed by atoms with Gasteiger partial charge in [-0.25, -0.2) is 8.42 Å². The van der Waals surface area contributed by atoms with E-state index in [1.165, 1.54) is 0 Å². The zero-order valence-corrected chi connectivity index (χ0v) is 14.1. The minimum atomic E-state index is -3.52. The Morgan fingerprint density at radius 2 is 2.25 bits per heavy atom. The molecule has 5 nitrogen and oxygen atoms in total. The third-order valence-corrected chi connectivity index (χ3v) is 6.99. The number of hydrogen-bond acceptors (Lipinski definition) is 4. The number of sulfonamides is 1. The summed E-state index contributed by atoms with van der Waals surface area (Å²) in [5.41, 5.74) is 1.11. The van der Waals surface area contributed by atoms with E-state index in [9.17, 15) is 8.42 Å². The summed E-state index contributed by atoms with van der Waals surface area (Å²) in [7, 11) is -3.52. The number of alkyl halides is 1. The van der Waals surface area contributed by atoms with Crippen molar-refractivity contribution < 1.29 is 8.42 Å². The highest BCUT2D eigenvalue weighted by Crippen LogP contribution is 2.40. The first-order chi connectivity index (χ1) is 9.55. The highest BCUT2D eigenvalue weighted by atomic mass is 79.9. The molecule has 0 N–H and O–H groups in total. The van der Waals surface area contributed by atoms with Gasteiger partial charge in [0.1, 0.15) is 16.3 Å². The van der Waals surface area contributed by atoms with E-state index in [1.54, 1.807) is 22.5 Å². The minimum Gasteiger partial charge on any atom is -0.207 e. The lowest BCUT2D eigenvalue weighted by molar-refractivity contribution is 0.378. The van der Waals surface area contributed by atoms with Crippen molar-refractivity contribution in [2.45, 2.75) is 24.3 Å². The zero-order valence-electron chi connectivity index (χ0n) is 10.9. The third kappa shape index (κ3) is 2.18. The van der Waals surface area contributed by atoms with E-state index >= 15 is 0 Å². The van der Waals surface area contributed by atoms with Crippen molar-refractivity contribution in [3.8, 4) is 0 Å². The maximum Gasteiger partial charge on any atom is 0.245 e. The van der Waals surface area contributed by atoms with Gasteiger partial charge in [0.05, 0.1) is 11.4 Å². The zero-order chi connectivity index (χ0) is 14.3. The van der Waals surface area contributed by atoms with Gasteiger partial charge in [-0.05, 0) is 24.5 Å². The molecule has 1 fully saturated rings. The van der Waals surface area contributed by atoms with Crippen molar-refractivity contribution in [1.29, 1.82) is 0 Å². The van der Waals surface area contributed by atoms with Gasteiger partial charge in [0.15, 0.2) is 0 Å². The molecule has 108 valence electrons. The SMILES string of the molecule is CC1CCN(S(=O)(=O)c2cccc3c2N=S=N3)C1CBr. The number of hydrogen-bond donors (Lipinski definition) is 0. The predicted molar refractivity (Wildman–Crippen MR) is 83.2 cm³/mol. The molecular weight excluding hydrogens is 362 g/mol. The van der Waals surface area contributed by atoms with Crippen molar-refractivity contribution in [3.05, 3.63) is 18.2 Å². The Bertz CT molecular complexity index is 713. The second kappa shape index (κ2) is 5.32. The highest BCUT2D eigenvalue weighted by Gasteiger charge is 2.40. The fraction of sp³-hybridized carbons (Fsp3) is 0.500. The summed E-state index contributed by atoms with van der Waals surface area (Å²) in [5.74, 6) is 0.358. The molecule has 1 saturated heterocycles. The molecule has 1 aromatic carbocycles. The average molecular weight is 376 g/mol. The molecule has 2 aliphatic rings. The van der Waals surface area contributed by atoms with E-state index in [2.05, 4.69) is 31.6 Å². The Labute approximate surface area is 130 Å². The summed E-state index contributed by atoms with van der Waals surface area (Å²) in [6.45, 7) is 2.65. The number of benzene rings is 1. The van der Waals surface area contributed by atoms with Gasteiger partial charge < -0.3 is 0 Å². The first-order valence-corrected chi connectivity index (χ1v) is 9.64. The molecule has 1 aromatic rings. The van der Waals surface area contributed by atoms with E-state index < -0.39 is 10.0 Å². The van der Waals surface area contributed by atoms with Crippen molar-refractivity contribution in [2.24, 2.45) is 14.6 Å². The van der Waals surface area contributed by atoms with Gasteiger partial charge in [-0.2, -0.15) is 13.0 Å². The molecule has 0 bridgehead atoms. The van der Waals surface area contributed by atoms with Crippen LogP contribution in [0.1, 0.15) is 13.3 Å². The molecule has 2 heterocycles. The monoisotopic (exact) mass is 375 g/mol. The first kappa shape index (κ1) is 14.4. The first-order valence-electron chi connectivity index (χ1n) is 6.35. The maximum atomic E-state index is 12.9. The molecule has 0 saturated carbocycles. The summed E-state index contributed by atoms with van der Waals surface area (Å²) in [6, 6.07) is 5.13. The Kier molecular flexibility index (Phi) is 3.83. The second-order valence-corrected chi connectivity index (χ2v) is 8.03. The van der Waals surface area contributed by atoms with E-state index in [0.29, 0.717) is 29.2 Å². The molecule has 0 aliphatic carbocycles. The molecule has 2 atom stereocenters. The van der Waals surface area contributed by atoms with Gasteiger partial charge in [0.2, 0.25) is 10.0 Å². The average Bonchev–Trinajstić information content (AvgIpc) is 3.03. The Balaban J connectivity index is 2.06. The number of fused-ring (bicyclic) bond motifs is 1. The molecule has 20 heavy (non-hydrogen) atoms. The summed E-state index contributed by atoms with van der Waals surface area (Å²) < 4.78 is 35.7. The molecular formula is C12H14BrN3O2S2.